The van der Waals surface area contributed by atoms with Crippen LogP contribution in [0.5, 0.6) is 0 Å². The number of benzene rings is 1. The molecule has 0 N–H and O–H groups in total. The highest BCUT2D eigenvalue weighted by Crippen LogP contribution is 2.21. The van der Waals surface area contributed by atoms with Crippen molar-refractivity contribution in [1.82, 2.24) is 0 Å². The number of aryl methyl sites for hydroxylation is 1. The van der Waals surface area contributed by atoms with Crippen LogP contribution in [0.15, 0.2) is 46.6 Å². The first kappa shape index (κ1) is 9.16. The molecule has 2 heteroatoms. The van der Waals surface area contributed by atoms with Crippen LogP contribution in [0.3, 0.4) is 0 Å². The highest BCUT2D eigenvalue weighted by Gasteiger charge is 1.99. The summed E-state index contributed by atoms with van der Waals surface area (Å²) in [5.74, 6) is 0. The van der Waals surface area contributed by atoms with Crippen LogP contribution in [0.1, 0.15) is 5.56 Å². The van der Waals surface area contributed by atoms with Crippen molar-refractivity contribution >= 4 is 11.3 Å². The third-order valence-corrected chi connectivity index (χ3v) is 3.15. The topological polar surface area (TPSA) is 17.1 Å². The Morgan fingerprint density at radius 3 is 2.50 bits per heavy atom. The highest BCUT2D eigenvalue weighted by atomic mass is 32.1. The van der Waals surface area contributed by atoms with Gasteiger partial charge in [0.2, 0.25) is 0 Å². The van der Waals surface area contributed by atoms with Gasteiger partial charge in [0.25, 0.3) is 0 Å². The largest absolute Gasteiger partial charge is 0.290 e. The summed E-state index contributed by atoms with van der Waals surface area (Å²) in [7, 11) is 0. The maximum atomic E-state index is 11.4. The molecule has 0 unspecified atom stereocenters. The molecule has 1 aromatic heterocycles. The summed E-state index contributed by atoms with van der Waals surface area (Å²) in [5, 5.41) is 1.91. The average molecular weight is 202 g/mol. The van der Waals surface area contributed by atoms with Crippen molar-refractivity contribution in [3.05, 3.63) is 57.6 Å². The van der Waals surface area contributed by atoms with E-state index >= 15 is 0 Å². The lowest BCUT2D eigenvalue weighted by Gasteiger charge is -1.99. The second kappa shape index (κ2) is 3.76. The summed E-state index contributed by atoms with van der Waals surface area (Å²) in [6.45, 7) is 1.84. The second-order valence-corrected chi connectivity index (χ2v) is 4.07. The van der Waals surface area contributed by atoms with Crippen LogP contribution in [-0.2, 0) is 0 Å². The molecule has 0 amide bonds. The molecule has 0 fully saturated rings. The first-order valence-corrected chi connectivity index (χ1v) is 5.30. The molecule has 2 rings (SSSR count). The van der Waals surface area contributed by atoms with Crippen LogP contribution in [0.4, 0.5) is 0 Å². The van der Waals surface area contributed by atoms with E-state index in [1.165, 1.54) is 0 Å². The molecular weight excluding hydrogens is 192 g/mol. The van der Waals surface area contributed by atoms with E-state index in [9.17, 15) is 4.79 Å². The van der Waals surface area contributed by atoms with Gasteiger partial charge in [0, 0.05) is 16.5 Å². The van der Waals surface area contributed by atoms with Gasteiger partial charge in [0.15, 0.2) is 5.43 Å². The van der Waals surface area contributed by atoms with Crippen molar-refractivity contribution in [3.63, 3.8) is 0 Å². The van der Waals surface area contributed by atoms with E-state index in [1.54, 1.807) is 17.4 Å². The van der Waals surface area contributed by atoms with Crippen molar-refractivity contribution in [2.24, 2.45) is 0 Å². The van der Waals surface area contributed by atoms with Crippen molar-refractivity contribution < 1.29 is 0 Å². The van der Waals surface area contributed by atoms with Crippen LogP contribution in [0.25, 0.3) is 10.4 Å². The lowest BCUT2D eigenvalue weighted by atomic mass is 10.2. The summed E-state index contributed by atoms with van der Waals surface area (Å²) in [6.07, 6.45) is 0. The minimum absolute atomic E-state index is 0.114. The van der Waals surface area contributed by atoms with Gasteiger partial charge in [-0.15, -0.1) is 11.3 Å². The van der Waals surface area contributed by atoms with E-state index in [-0.39, 0.29) is 5.43 Å². The fourth-order valence-electron chi connectivity index (χ4n) is 1.23. The zero-order valence-electron chi connectivity index (χ0n) is 7.86. The van der Waals surface area contributed by atoms with E-state index < -0.39 is 0 Å². The Kier molecular flexibility index (Phi) is 2.46. The Labute approximate surface area is 86.7 Å². The Balaban J connectivity index is 2.54. The van der Waals surface area contributed by atoms with Crippen LogP contribution < -0.4 is 5.43 Å². The summed E-state index contributed by atoms with van der Waals surface area (Å²) in [4.78, 5) is 12.4. The molecule has 0 aliphatic heterocycles. The van der Waals surface area contributed by atoms with Gasteiger partial charge in [-0.25, -0.2) is 0 Å². The monoisotopic (exact) mass is 202 g/mol. The minimum Gasteiger partial charge on any atom is -0.290 e. The van der Waals surface area contributed by atoms with E-state index in [4.69, 9.17) is 0 Å². The molecular formula is C12H10OS. The molecule has 1 nitrogen and oxygen atoms in total. The summed E-state index contributed by atoms with van der Waals surface area (Å²) in [6, 6.07) is 11.7. The van der Waals surface area contributed by atoms with Crippen LogP contribution in [0, 0.1) is 6.92 Å². The maximum Gasteiger partial charge on any atom is 0.183 e. The van der Waals surface area contributed by atoms with Gasteiger partial charge < -0.3 is 0 Å². The van der Waals surface area contributed by atoms with E-state index in [2.05, 4.69) is 0 Å². The molecule has 0 aliphatic rings. The van der Waals surface area contributed by atoms with Crippen LogP contribution >= 0.6 is 11.3 Å². The highest BCUT2D eigenvalue weighted by molar-refractivity contribution is 7.13. The standard InChI is InChI=1S/C12H10OS/c1-9-8-14-12(7-11(9)13)10-5-3-2-4-6-10/h2-8H,1H3. The first-order valence-electron chi connectivity index (χ1n) is 4.42. The van der Waals surface area contributed by atoms with Gasteiger partial charge in [-0.2, -0.15) is 0 Å². The quantitative estimate of drug-likeness (QED) is 0.694. The fourth-order valence-corrected chi connectivity index (χ4v) is 2.10. The average Bonchev–Trinajstić information content (AvgIpc) is 2.23. The lowest BCUT2D eigenvalue weighted by Crippen LogP contribution is -2.00. The number of hydrogen-bond acceptors (Lipinski definition) is 2. The molecule has 0 spiro atoms. The number of hydrogen-bond donors (Lipinski definition) is 0. The third kappa shape index (κ3) is 1.75. The first-order chi connectivity index (χ1) is 6.77. The maximum absolute atomic E-state index is 11.4. The normalized spacial score (nSPS) is 10.1. The lowest BCUT2D eigenvalue weighted by molar-refractivity contribution is 1.44. The predicted octanol–water partition coefficient (Wildman–Crippen LogP) is 3.08. The van der Waals surface area contributed by atoms with Crippen molar-refractivity contribution in [2.75, 3.05) is 0 Å². The van der Waals surface area contributed by atoms with Gasteiger partial charge >= 0.3 is 0 Å². The van der Waals surface area contributed by atoms with E-state index in [1.807, 2.05) is 42.6 Å². The van der Waals surface area contributed by atoms with Crippen molar-refractivity contribution in [1.29, 1.82) is 0 Å². The Morgan fingerprint density at radius 2 is 1.86 bits per heavy atom. The molecule has 0 atom stereocenters. The molecule has 0 bridgehead atoms. The van der Waals surface area contributed by atoms with Gasteiger partial charge in [-0.1, -0.05) is 30.3 Å². The summed E-state index contributed by atoms with van der Waals surface area (Å²) < 4.78 is 0. The fraction of sp³-hybridized carbons (Fsp3) is 0.0833. The minimum atomic E-state index is 0.114. The molecule has 70 valence electrons. The van der Waals surface area contributed by atoms with E-state index in [0.717, 1.165) is 16.0 Å². The molecule has 2 aromatic rings. The Morgan fingerprint density at radius 1 is 1.14 bits per heavy atom. The summed E-state index contributed by atoms with van der Waals surface area (Å²) in [5.41, 5.74) is 2.03. The molecule has 1 aromatic carbocycles. The molecule has 0 saturated heterocycles. The zero-order valence-corrected chi connectivity index (χ0v) is 8.67. The van der Waals surface area contributed by atoms with Gasteiger partial charge in [0.1, 0.15) is 0 Å². The summed E-state index contributed by atoms with van der Waals surface area (Å²) >= 11 is 1.61. The molecule has 14 heavy (non-hydrogen) atoms. The van der Waals surface area contributed by atoms with E-state index in [0.29, 0.717) is 0 Å². The molecule has 0 radical (unpaired) electrons. The number of rotatable bonds is 1. The molecule has 0 aliphatic carbocycles. The van der Waals surface area contributed by atoms with Crippen molar-refractivity contribution in [2.45, 2.75) is 6.92 Å². The van der Waals surface area contributed by atoms with Crippen molar-refractivity contribution in [3.8, 4) is 10.4 Å². The Hall–Kier alpha value is -1.41. The van der Waals surface area contributed by atoms with Gasteiger partial charge in [-0.3, -0.25) is 4.79 Å². The van der Waals surface area contributed by atoms with Crippen LogP contribution in [0.2, 0.25) is 0 Å². The SMILES string of the molecule is Cc1csc(-c2ccccc2)cc1=O. The van der Waals surface area contributed by atoms with Crippen LogP contribution in [-0.4, -0.2) is 0 Å². The predicted molar refractivity (Wildman–Crippen MR) is 60.8 cm³/mol. The third-order valence-electron chi connectivity index (χ3n) is 2.07. The zero-order chi connectivity index (χ0) is 9.97. The smallest absolute Gasteiger partial charge is 0.183 e. The molecule has 0 saturated carbocycles. The Bertz CT molecular complexity index is 485. The second-order valence-electron chi connectivity index (χ2n) is 3.16. The molecule has 1 heterocycles. The van der Waals surface area contributed by atoms with Gasteiger partial charge in [0.05, 0.1) is 0 Å². The van der Waals surface area contributed by atoms with Gasteiger partial charge in [-0.05, 0) is 17.9 Å².